The molecule has 0 aromatic rings. The molecule has 0 aliphatic carbocycles. The lowest BCUT2D eigenvalue weighted by molar-refractivity contribution is -0.144. The van der Waals surface area contributed by atoms with Gasteiger partial charge < -0.3 is 14.8 Å². The SMILES string of the molecule is CCOC(=O)CCC(=O)NC(C)C1CCOC1. The molecule has 1 aliphatic heterocycles. The summed E-state index contributed by atoms with van der Waals surface area (Å²) in [4.78, 5) is 22.6. The lowest BCUT2D eigenvalue weighted by atomic mass is 10.0. The Balaban J connectivity index is 2.17. The third-order valence-corrected chi connectivity index (χ3v) is 2.92. The highest BCUT2D eigenvalue weighted by atomic mass is 16.5. The van der Waals surface area contributed by atoms with E-state index in [1.165, 1.54) is 0 Å². The van der Waals surface area contributed by atoms with Gasteiger partial charge in [0.15, 0.2) is 0 Å². The summed E-state index contributed by atoms with van der Waals surface area (Å²) in [5, 5.41) is 2.89. The first-order valence-corrected chi connectivity index (χ1v) is 6.16. The largest absolute Gasteiger partial charge is 0.466 e. The first kappa shape index (κ1) is 14.0. The minimum Gasteiger partial charge on any atom is -0.466 e. The van der Waals surface area contributed by atoms with Crippen molar-refractivity contribution in [2.24, 2.45) is 5.92 Å². The highest BCUT2D eigenvalue weighted by Gasteiger charge is 2.23. The van der Waals surface area contributed by atoms with E-state index in [4.69, 9.17) is 9.47 Å². The summed E-state index contributed by atoms with van der Waals surface area (Å²) in [7, 11) is 0. The Bertz CT molecular complexity index is 261. The standard InChI is InChI=1S/C12H21NO4/c1-3-17-12(15)5-4-11(14)13-9(2)10-6-7-16-8-10/h9-10H,3-8H2,1-2H3,(H,13,14). The van der Waals surface area contributed by atoms with Gasteiger partial charge in [0.1, 0.15) is 0 Å². The molecule has 0 saturated carbocycles. The van der Waals surface area contributed by atoms with Gasteiger partial charge in [0.05, 0.1) is 19.6 Å². The second-order valence-corrected chi connectivity index (χ2v) is 4.28. The van der Waals surface area contributed by atoms with E-state index in [1.54, 1.807) is 6.92 Å². The van der Waals surface area contributed by atoms with Crippen LogP contribution in [0.25, 0.3) is 0 Å². The van der Waals surface area contributed by atoms with Crippen LogP contribution in [0.3, 0.4) is 0 Å². The van der Waals surface area contributed by atoms with Crippen molar-refractivity contribution >= 4 is 11.9 Å². The molecule has 17 heavy (non-hydrogen) atoms. The van der Waals surface area contributed by atoms with Crippen molar-refractivity contribution in [3.8, 4) is 0 Å². The number of ether oxygens (including phenoxy) is 2. The molecule has 1 aliphatic rings. The van der Waals surface area contributed by atoms with Crippen molar-refractivity contribution in [3.05, 3.63) is 0 Å². The van der Waals surface area contributed by atoms with E-state index < -0.39 is 0 Å². The lowest BCUT2D eigenvalue weighted by Crippen LogP contribution is -2.38. The summed E-state index contributed by atoms with van der Waals surface area (Å²) in [6.07, 6.45) is 1.32. The minimum atomic E-state index is -0.320. The number of nitrogens with one attached hydrogen (secondary N) is 1. The van der Waals surface area contributed by atoms with Gasteiger partial charge in [-0.1, -0.05) is 0 Å². The van der Waals surface area contributed by atoms with Gasteiger partial charge in [-0.2, -0.15) is 0 Å². The molecule has 1 heterocycles. The summed E-state index contributed by atoms with van der Waals surface area (Å²) >= 11 is 0. The van der Waals surface area contributed by atoms with Gasteiger partial charge in [-0.05, 0) is 20.3 Å². The Labute approximate surface area is 102 Å². The molecule has 2 atom stereocenters. The average molecular weight is 243 g/mol. The van der Waals surface area contributed by atoms with Gasteiger partial charge in [0, 0.05) is 25.0 Å². The molecular weight excluding hydrogens is 222 g/mol. The summed E-state index contributed by atoms with van der Waals surface area (Å²) in [5.74, 6) is -0.0292. The van der Waals surface area contributed by atoms with Crippen molar-refractivity contribution in [1.29, 1.82) is 0 Å². The van der Waals surface area contributed by atoms with Gasteiger partial charge in [-0.15, -0.1) is 0 Å². The number of esters is 1. The Kier molecular flexibility index (Phi) is 5.97. The average Bonchev–Trinajstić information content (AvgIpc) is 2.80. The molecule has 98 valence electrons. The van der Waals surface area contributed by atoms with Crippen molar-refractivity contribution in [2.45, 2.75) is 39.2 Å². The normalized spacial score (nSPS) is 20.9. The van der Waals surface area contributed by atoms with Crippen molar-refractivity contribution < 1.29 is 19.1 Å². The molecule has 1 saturated heterocycles. The molecule has 1 fully saturated rings. The van der Waals surface area contributed by atoms with Crippen molar-refractivity contribution in [2.75, 3.05) is 19.8 Å². The van der Waals surface area contributed by atoms with E-state index in [1.807, 2.05) is 6.92 Å². The fraction of sp³-hybridized carbons (Fsp3) is 0.833. The smallest absolute Gasteiger partial charge is 0.306 e. The summed E-state index contributed by atoms with van der Waals surface area (Å²) < 4.78 is 10.0. The predicted octanol–water partition coefficient (Wildman–Crippen LogP) is 0.871. The Hall–Kier alpha value is -1.10. The summed E-state index contributed by atoms with van der Waals surface area (Å²) in [6.45, 7) is 5.56. The molecule has 5 nitrogen and oxygen atoms in total. The fourth-order valence-corrected chi connectivity index (χ4v) is 1.84. The second-order valence-electron chi connectivity index (χ2n) is 4.28. The van der Waals surface area contributed by atoms with Crippen LogP contribution in [0.2, 0.25) is 0 Å². The van der Waals surface area contributed by atoms with Crippen LogP contribution in [0.1, 0.15) is 33.1 Å². The quantitative estimate of drug-likeness (QED) is 0.703. The Morgan fingerprint density at radius 1 is 1.47 bits per heavy atom. The third-order valence-electron chi connectivity index (χ3n) is 2.92. The number of hydrogen-bond acceptors (Lipinski definition) is 4. The Morgan fingerprint density at radius 2 is 2.24 bits per heavy atom. The van der Waals surface area contributed by atoms with E-state index >= 15 is 0 Å². The molecule has 0 aromatic heterocycles. The van der Waals surface area contributed by atoms with E-state index in [-0.39, 0.29) is 30.8 Å². The maximum atomic E-state index is 11.6. The maximum absolute atomic E-state index is 11.6. The maximum Gasteiger partial charge on any atom is 0.306 e. The highest BCUT2D eigenvalue weighted by molar-refractivity contribution is 5.81. The van der Waals surface area contributed by atoms with Crippen LogP contribution in [-0.4, -0.2) is 37.7 Å². The van der Waals surface area contributed by atoms with Crippen LogP contribution in [0, 0.1) is 5.92 Å². The van der Waals surface area contributed by atoms with Gasteiger partial charge in [0.25, 0.3) is 0 Å². The number of rotatable bonds is 6. The monoisotopic (exact) mass is 243 g/mol. The topological polar surface area (TPSA) is 64.6 Å². The number of carbonyl (C=O) groups is 2. The predicted molar refractivity (Wildman–Crippen MR) is 62.4 cm³/mol. The first-order chi connectivity index (χ1) is 8.13. The molecule has 0 bridgehead atoms. The van der Waals surface area contributed by atoms with Crippen LogP contribution in [0.15, 0.2) is 0 Å². The van der Waals surface area contributed by atoms with Crippen LogP contribution in [0.4, 0.5) is 0 Å². The van der Waals surface area contributed by atoms with Gasteiger partial charge in [0.2, 0.25) is 5.91 Å². The second kappa shape index (κ2) is 7.27. The van der Waals surface area contributed by atoms with E-state index in [2.05, 4.69) is 5.32 Å². The number of carbonyl (C=O) groups excluding carboxylic acids is 2. The van der Waals surface area contributed by atoms with Gasteiger partial charge in [-0.3, -0.25) is 9.59 Å². The molecule has 1 N–H and O–H groups in total. The summed E-state index contributed by atoms with van der Waals surface area (Å²) in [5.41, 5.74) is 0. The van der Waals surface area contributed by atoms with Gasteiger partial charge in [-0.25, -0.2) is 0 Å². The lowest BCUT2D eigenvalue weighted by Gasteiger charge is -2.19. The van der Waals surface area contributed by atoms with Gasteiger partial charge >= 0.3 is 5.97 Å². The molecule has 1 rings (SSSR count). The van der Waals surface area contributed by atoms with E-state index in [0.717, 1.165) is 13.0 Å². The molecule has 5 heteroatoms. The zero-order chi connectivity index (χ0) is 12.7. The summed E-state index contributed by atoms with van der Waals surface area (Å²) in [6, 6.07) is 0.104. The molecule has 1 amide bonds. The molecule has 0 spiro atoms. The minimum absolute atomic E-state index is 0.0996. The first-order valence-electron chi connectivity index (χ1n) is 6.16. The van der Waals surface area contributed by atoms with Crippen LogP contribution in [-0.2, 0) is 19.1 Å². The number of amides is 1. The van der Waals surface area contributed by atoms with Crippen molar-refractivity contribution in [3.63, 3.8) is 0 Å². The Morgan fingerprint density at radius 3 is 2.82 bits per heavy atom. The highest BCUT2D eigenvalue weighted by Crippen LogP contribution is 2.16. The zero-order valence-corrected chi connectivity index (χ0v) is 10.5. The third kappa shape index (κ3) is 5.17. The van der Waals surface area contributed by atoms with E-state index in [0.29, 0.717) is 19.1 Å². The van der Waals surface area contributed by atoms with Crippen LogP contribution >= 0.6 is 0 Å². The van der Waals surface area contributed by atoms with E-state index in [9.17, 15) is 9.59 Å². The molecule has 0 aromatic carbocycles. The van der Waals surface area contributed by atoms with Crippen LogP contribution < -0.4 is 5.32 Å². The fourth-order valence-electron chi connectivity index (χ4n) is 1.84. The molecule has 2 unspecified atom stereocenters. The zero-order valence-electron chi connectivity index (χ0n) is 10.5. The molecule has 0 radical (unpaired) electrons. The number of hydrogen-bond donors (Lipinski definition) is 1. The van der Waals surface area contributed by atoms with Crippen LogP contribution in [0.5, 0.6) is 0 Å². The van der Waals surface area contributed by atoms with Crippen molar-refractivity contribution in [1.82, 2.24) is 5.32 Å². The molecular formula is C12H21NO4.